The molecule has 1 amide bonds. The molecule has 1 aromatic carbocycles. The fourth-order valence-electron chi connectivity index (χ4n) is 2.17. The Labute approximate surface area is 95.8 Å². The highest BCUT2D eigenvalue weighted by Gasteiger charge is 2.23. The summed E-state index contributed by atoms with van der Waals surface area (Å²) in [5.41, 5.74) is 4.01. The van der Waals surface area contributed by atoms with E-state index in [0.29, 0.717) is 6.42 Å². The van der Waals surface area contributed by atoms with Gasteiger partial charge in [-0.15, -0.1) is 0 Å². The predicted octanol–water partition coefficient (Wildman–Crippen LogP) is 2.76. The zero-order valence-corrected chi connectivity index (χ0v) is 9.79. The maximum Gasteiger partial charge on any atom is 0.227 e. The van der Waals surface area contributed by atoms with Crippen LogP contribution in [0.1, 0.15) is 24.0 Å². The van der Waals surface area contributed by atoms with Gasteiger partial charge in [0.1, 0.15) is 0 Å². The standard InChI is InChI=1S/C13H16N2O/c1-9-7-11(14-3)10(2)12(8-9)15-6-4-5-13(15)16/h7-8H,3-6H2,1-2H3. The Morgan fingerprint density at radius 1 is 1.38 bits per heavy atom. The molecular formula is C13H16N2O. The first kappa shape index (κ1) is 10.9. The second kappa shape index (κ2) is 4.08. The molecule has 0 N–H and O–H groups in total. The Morgan fingerprint density at radius 2 is 2.12 bits per heavy atom. The van der Waals surface area contributed by atoms with Crippen molar-refractivity contribution in [3.63, 3.8) is 0 Å². The number of nitrogens with zero attached hydrogens (tertiary/aromatic N) is 2. The lowest BCUT2D eigenvalue weighted by Crippen LogP contribution is -2.24. The van der Waals surface area contributed by atoms with Crippen LogP contribution in [-0.2, 0) is 4.79 Å². The van der Waals surface area contributed by atoms with Gasteiger partial charge in [-0.2, -0.15) is 0 Å². The minimum atomic E-state index is 0.212. The maximum absolute atomic E-state index is 11.7. The van der Waals surface area contributed by atoms with Crippen molar-refractivity contribution in [2.24, 2.45) is 4.99 Å². The normalized spacial score (nSPS) is 15.6. The second-order valence-electron chi connectivity index (χ2n) is 4.24. The molecule has 0 aliphatic carbocycles. The van der Waals surface area contributed by atoms with Gasteiger partial charge in [-0.25, -0.2) is 0 Å². The lowest BCUT2D eigenvalue weighted by Gasteiger charge is -2.20. The fraction of sp³-hybridized carbons (Fsp3) is 0.385. The van der Waals surface area contributed by atoms with Crippen molar-refractivity contribution >= 4 is 24.0 Å². The van der Waals surface area contributed by atoms with E-state index in [2.05, 4.69) is 11.7 Å². The van der Waals surface area contributed by atoms with Crippen LogP contribution in [0.2, 0.25) is 0 Å². The first-order valence-electron chi connectivity index (χ1n) is 5.52. The molecule has 0 unspecified atom stereocenters. The summed E-state index contributed by atoms with van der Waals surface area (Å²) < 4.78 is 0. The van der Waals surface area contributed by atoms with E-state index in [1.807, 2.05) is 30.9 Å². The lowest BCUT2D eigenvalue weighted by atomic mass is 10.1. The van der Waals surface area contributed by atoms with E-state index in [0.717, 1.165) is 35.5 Å². The molecule has 1 saturated heterocycles. The molecule has 0 aromatic heterocycles. The van der Waals surface area contributed by atoms with Crippen molar-refractivity contribution < 1.29 is 4.79 Å². The molecule has 1 aromatic rings. The largest absolute Gasteiger partial charge is 0.312 e. The molecule has 0 spiro atoms. The molecule has 0 atom stereocenters. The summed E-state index contributed by atoms with van der Waals surface area (Å²) in [6, 6.07) is 4.04. The van der Waals surface area contributed by atoms with Gasteiger partial charge in [-0.05, 0) is 50.2 Å². The molecule has 2 rings (SSSR count). The van der Waals surface area contributed by atoms with Crippen LogP contribution in [0.25, 0.3) is 0 Å². The van der Waals surface area contributed by atoms with Gasteiger partial charge in [0.25, 0.3) is 0 Å². The molecule has 1 heterocycles. The van der Waals surface area contributed by atoms with Gasteiger partial charge in [0.05, 0.1) is 5.69 Å². The van der Waals surface area contributed by atoms with Gasteiger partial charge in [-0.1, -0.05) is 0 Å². The second-order valence-corrected chi connectivity index (χ2v) is 4.24. The van der Waals surface area contributed by atoms with E-state index in [4.69, 9.17) is 0 Å². The van der Waals surface area contributed by atoms with Crippen molar-refractivity contribution in [2.45, 2.75) is 26.7 Å². The Kier molecular flexibility index (Phi) is 2.77. The molecular weight excluding hydrogens is 200 g/mol. The van der Waals surface area contributed by atoms with Crippen LogP contribution in [0.4, 0.5) is 11.4 Å². The quantitative estimate of drug-likeness (QED) is 0.700. The number of benzene rings is 1. The van der Waals surface area contributed by atoms with Crippen LogP contribution in [0, 0.1) is 13.8 Å². The minimum Gasteiger partial charge on any atom is -0.312 e. The van der Waals surface area contributed by atoms with Crippen molar-refractivity contribution in [3.05, 3.63) is 23.3 Å². The zero-order chi connectivity index (χ0) is 11.7. The molecule has 1 aliphatic rings. The molecule has 3 heteroatoms. The zero-order valence-electron chi connectivity index (χ0n) is 9.79. The third-order valence-electron chi connectivity index (χ3n) is 3.03. The Bertz CT molecular complexity index is 451. The number of carbonyl (C=O) groups is 1. The van der Waals surface area contributed by atoms with Gasteiger partial charge in [0, 0.05) is 18.7 Å². The fourth-order valence-corrected chi connectivity index (χ4v) is 2.17. The summed E-state index contributed by atoms with van der Waals surface area (Å²) >= 11 is 0. The third kappa shape index (κ3) is 1.73. The number of hydrogen-bond donors (Lipinski definition) is 0. The first-order valence-corrected chi connectivity index (χ1v) is 5.52. The number of rotatable bonds is 2. The van der Waals surface area contributed by atoms with E-state index in [1.54, 1.807) is 0 Å². The average Bonchev–Trinajstić information content (AvgIpc) is 2.67. The van der Waals surface area contributed by atoms with E-state index in [1.165, 1.54) is 0 Å². The number of anilines is 1. The molecule has 1 fully saturated rings. The van der Waals surface area contributed by atoms with Gasteiger partial charge >= 0.3 is 0 Å². The van der Waals surface area contributed by atoms with Crippen molar-refractivity contribution in [1.29, 1.82) is 0 Å². The molecule has 84 valence electrons. The van der Waals surface area contributed by atoms with Crippen LogP contribution < -0.4 is 4.90 Å². The number of hydrogen-bond acceptors (Lipinski definition) is 2. The highest BCUT2D eigenvalue weighted by atomic mass is 16.2. The SMILES string of the molecule is C=Nc1cc(C)cc(N2CCCC2=O)c1C. The summed E-state index contributed by atoms with van der Waals surface area (Å²) in [5.74, 6) is 0.212. The number of amides is 1. The van der Waals surface area contributed by atoms with Crippen molar-refractivity contribution in [1.82, 2.24) is 0 Å². The molecule has 3 nitrogen and oxygen atoms in total. The average molecular weight is 216 g/mol. The number of aliphatic imine (C=N–C) groups is 1. The monoisotopic (exact) mass is 216 g/mol. The van der Waals surface area contributed by atoms with Crippen LogP contribution in [-0.4, -0.2) is 19.2 Å². The van der Waals surface area contributed by atoms with E-state index < -0.39 is 0 Å². The van der Waals surface area contributed by atoms with Crippen molar-refractivity contribution in [2.75, 3.05) is 11.4 Å². The Balaban J connectivity index is 2.51. The van der Waals surface area contributed by atoms with Gasteiger partial charge in [0.15, 0.2) is 0 Å². The van der Waals surface area contributed by atoms with E-state index in [9.17, 15) is 4.79 Å². The molecule has 1 aliphatic heterocycles. The topological polar surface area (TPSA) is 32.7 Å². The lowest BCUT2D eigenvalue weighted by molar-refractivity contribution is -0.117. The maximum atomic E-state index is 11.7. The van der Waals surface area contributed by atoms with Gasteiger partial charge in [-0.3, -0.25) is 9.79 Å². The molecule has 16 heavy (non-hydrogen) atoms. The van der Waals surface area contributed by atoms with Crippen LogP contribution in [0.3, 0.4) is 0 Å². The highest BCUT2D eigenvalue weighted by molar-refractivity contribution is 5.96. The van der Waals surface area contributed by atoms with Crippen LogP contribution in [0.15, 0.2) is 17.1 Å². The predicted molar refractivity (Wildman–Crippen MR) is 66.7 cm³/mol. The Morgan fingerprint density at radius 3 is 2.69 bits per heavy atom. The summed E-state index contributed by atoms with van der Waals surface area (Å²) in [6.45, 7) is 8.39. The summed E-state index contributed by atoms with van der Waals surface area (Å²) in [4.78, 5) is 17.6. The van der Waals surface area contributed by atoms with Gasteiger partial charge in [0.2, 0.25) is 5.91 Å². The van der Waals surface area contributed by atoms with Crippen molar-refractivity contribution in [3.8, 4) is 0 Å². The third-order valence-corrected chi connectivity index (χ3v) is 3.03. The van der Waals surface area contributed by atoms with Gasteiger partial charge < -0.3 is 4.90 Å². The number of aryl methyl sites for hydroxylation is 1. The Hall–Kier alpha value is -1.64. The summed E-state index contributed by atoms with van der Waals surface area (Å²) in [6.07, 6.45) is 1.60. The molecule has 0 saturated carbocycles. The minimum absolute atomic E-state index is 0.212. The smallest absolute Gasteiger partial charge is 0.227 e. The van der Waals surface area contributed by atoms with Crippen LogP contribution in [0.5, 0.6) is 0 Å². The van der Waals surface area contributed by atoms with E-state index in [-0.39, 0.29) is 5.91 Å². The molecule has 0 bridgehead atoms. The summed E-state index contributed by atoms with van der Waals surface area (Å²) in [7, 11) is 0. The first-order chi connectivity index (χ1) is 7.63. The highest BCUT2D eigenvalue weighted by Crippen LogP contribution is 2.32. The number of carbonyl (C=O) groups excluding carboxylic acids is 1. The van der Waals surface area contributed by atoms with E-state index >= 15 is 0 Å². The summed E-state index contributed by atoms with van der Waals surface area (Å²) in [5, 5.41) is 0. The molecule has 0 radical (unpaired) electrons. The van der Waals surface area contributed by atoms with Crippen LogP contribution >= 0.6 is 0 Å².